The predicted octanol–water partition coefficient (Wildman–Crippen LogP) is 2.50. The minimum atomic E-state index is -3.52. The molecule has 5 nitrogen and oxygen atoms in total. The molecule has 1 aromatic carbocycles. The van der Waals surface area contributed by atoms with E-state index in [-0.39, 0.29) is 0 Å². The summed E-state index contributed by atoms with van der Waals surface area (Å²) in [7, 11) is -3.52. The molecule has 98 valence electrons. The highest BCUT2D eigenvalue weighted by molar-refractivity contribution is 7.90. The molecule has 1 aliphatic heterocycles. The van der Waals surface area contributed by atoms with Gasteiger partial charge in [-0.3, -0.25) is 0 Å². The minimum absolute atomic E-state index is 0.291. The van der Waals surface area contributed by atoms with Crippen LogP contribution in [0, 0.1) is 6.92 Å². The summed E-state index contributed by atoms with van der Waals surface area (Å²) in [6.07, 6.45) is 3.26. The lowest BCUT2D eigenvalue weighted by molar-refractivity contribution is 0.587. The monoisotopic (exact) mass is 275 g/mol. The van der Waals surface area contributed by atoms with E-state index in [1.807, 2.05) is 6.92 Å². The van der Waals surface area contributed by atoms with Crippen LogP contribution in [-0.4, -0.2) is 12.4 Å². The van der Waals surface area contributed by atoms with Gasteiger partial charge in [0.15, 0.2) is 0 Å². The SMILES string of the molecule is Cc1ccc(S(=O)(=O)n2cc3c(c2)CN=NC3)cc1. The largest absolute Gasteiger partial charge is 0.267 e. The van der Waals surface area contributed by atoms with Gasteiger partial charge in [0.05, 0.1) is 18.0 Å². The molecule has 0 N–H and O–H groups in total. The van der Waals surface area contributed by atoms with Crippen LogP contribution in [0.15, 0.2) is 51.8 Å². The number of aryl methyl sites for hydroxylation is 1. The van der Waals surface area contributed by atoms with Gasteiger partial charge in [-0.25, -0.2) is 12.4 Å². The average molecular weight is 275 g/mol. The zero-order valence-electron chi connectivity index (χ0n) is 10.4. The third-order valence-corrected chi connectivity index (χ3v) is 4.79. The summed E-state index contributed by atoms with van der Waals surface area (Å²) in [4.78, 5) is 0.291. The highest BCUT2D eigenvalue weighted by Crippen LogP contribution is 2.22. The Bertz CT molecular complexity index is 717. The summed E-state index contributed by atoms with van der Waals surface area (Å²) < 4.78 is 26.2. The Morgan fingerprint density at radius 1 is 1.00 bits per heavy atom. The molecule has 0 aliphatic carbocycles. The van der Waals surface area contributed by atoms with Crippen molar-refractivity contribution in [2.75, 3.05) is 0 Å². The summed E-state index contributed by atoms with van der Waals surface area (Å²) in [5.41, 5.74) is 2.87. The molecule has 2 heterocycles. The highest BCUT2D eigenvalue weighted by Gasteiger charge is 2.19. The Morgan fingerprint density at radius 3 is 2.05 bits per heavy atom. The van der Waals surface area contributed by atoms with Crippen molar-refractivity contribution in [1.29, 1.82) is 0 Å². The molecule has 1 aliphatic rings. The zero-order chi connectivity index (χ0) is 13.5. The third kappa shape index (κ3) is 2.08. The van der Waals surface area contributed by atoms with Crippen LogP contribution in [0.2, 0.25) is 0 Å². The number of rotatable bonds is 2. The Morgan fingerprint density at radius 2 is 1.53 bits per heavy atom. The van der Waals surface area contributed by atoms with Gasteiger partial charge in [0.2, 0.25) is 0 Å². The number of azo groups is 1. The summed E-state index contributed by atoms with van der Waals surface area (Å²) in [5.74, 6) is 0. The van der Waals surface area contributed by atoms with Crippen molar-refractivity contribution >= 4 is 10.0 Å². The van der Waals surface area contributed by atoms with Gasteiger partial charge in [-0.05, 0) is 30.2 Å². The molecule has 0 amide bonds. The second-order valence-corrected chi connectivity index (χ2v) is 6.40. The van der Waals surface area contributed by atoms with Crippen LogP contribution >= 0.6 is 0 Å². The van der Waals surface area contributed by atoms with E-state index >= 15 is 0 Å². The van der Waals surface area contributed by atoms with Gasteiger partial charge >= 0.3 is 0 Å². The van der Waals surface area contributed by atoms with Gasteiger partial charge in [0.25, 0.3) is 10.0 Å². The van der Waals surface area contributed by atoms with E-state index in [0.717, 1.165) is 16.7 Å². The van der Waals surface area contributed by atoms with Gasteiger partial charge in [0.1, 0.15) is 0 Å². The average Bonchev–Trinajstić information content (AvgIpc) is 2.83. The number of benzene rings is 1. The lowest BCUT2D eigenvalue weighted by atomic mass is 10.2. The quantitative estimate of drug-likeness (QED) is 0.845. The van der Waals surface area contributed by atoms with Gasteiger partial charge in [0, 0.05) is 12.4 Å². The van der Waals surface area contributed by atoms with E-state index in [0.29, 0.717) is 18.0 Å². The first kappa shape index (κ1) is 12.1. The van der Waals surface area contributed by atoms with Crippen LogP contribution in [0.5, 0.6) is 0 Å². The summed E-state index contributed by atoms with van der Waals surface area (Å²) in [6, 6.07) is 6.83. The van der Waals surface area contributed by atoms with E-state index in [1.54, 1.807) is 36.7 Å². The lowest BCUT2D eigenvalue weighted by Crippen LogP contribution is -2.10. The lowest BCUT2D eigenvalue weighted by Gasteiger charge is -2.05. The first-order valence-electron chi connectivity index (χ1n) is 5.92. The molecular weight excluding hydrogens is 262 g/mol. The molecule has 6 heteroatoms. The maximum atomic E-state index is 12.5. The van der Waals surface area contributed by atoms with Crippen LogP contribution in [0.4, 0.5) is 0 Å². The first-order valence-corrected chi connectivity index (χ1v) is 7.36. The molecule has 1 aromatic heterocycles. The maximum absolute atomic E-state index is 12.5. The molecule has 0 saturated carbocycles. The number of aromatic nitrogens is 1. The molecule has 0 radical (unpaired) electrons. The third-order valence-electron chi connectivity index (χ3n) is 3.16. The second kappa shape index (κ2) is 4.31. The van der Waals surface area contributed by atoms with Crippen molar-refractivity contribution in [2.24, 2.45) is 10.2 Å². The maximum Gasteiger partial charge on any atom is 0.267 e. The fourth-order valence-corrected chi connectivity index (χ4v) is 3.27. The van der Waals surface area contributed by atoms with Crippen molar-refractivity contribution in [3.8, 4) is 0 Å². The van der Waals surface area contributed by atoms with E-state index in [1.165, 1.54) is 3.97 Å². The van der Waals surface area contributed by atoms with Crippen molar-refractivity contribution in [3.63, 3.8) is 0 Å². The van der Waals surface area contributed by atoms with Crippen LogP contribution in [-0.2, 0) is 23.1 Å². The van der Waals surface area contributed by atoms with Crippen LogP contribution in [0.25, 0.3) is 0 Å². The van der Waals surface area contributed by atoms with E-state index < -0.39 is 10.0 Å². The summed E-state index contributed by atoms with van der Waals surface area (Å²) >= 11 is 0. The molecule has 3 rings (SSSR count). The molecule has 19 heavy (non-hydrogen) atoms. The molecule has 0 atom stereocenters. The van der Waals surface area contributed by atoms with Gasteiger partial charge in [-0.15, -0.1) is 0 Å². The Hall–Kier alpha value is -1.95. The Kier molecular flexibility index (Phi) is 2.74. The van der Waals surface area contributed by atoms with Crippen LogP contribution in [0.3, 0.4) is 0 Å². The zero-order valence-corrected chi connectivity index (χ0v) is 11.3. The van der Waals surface area contributed by atoms with Crippen molar-refractivity contribution in [2.45, 2.75) is 24.9 Å². The fraction of sp³-hybridized carbons (Fsp3) is 0.231. The standard InChI is InChI=1S/C13H13N3O2S/c1-10-2-4-13(5-3-10)19(17,18)16-8-11-6-14-15-7-12(11)9-16/h2-5,8-9H,6-7H2,1H3. The molecule has 2 aromatic rings. The van der Waals surface area contributed by atoms with Gasteiger partial charge in [-0.2, -0.15) is 10.2 Å². The molecule has 0 bridgehead atoms. The Balaban J connectivity index is 2.05. The fourth-order valence-electron chi connectivity index (χ4n) is 2.02. The first-order chi connectivity index (χ1) is 9.07. The number of hydrogen-bond donors (Lipinski definition) is 0. The van der Waals surface area contributed by atoms with Gasteiger partial charge < -0.3 is 0 Å². The minimum Gasteiger partial charge on any atom is -0.248 e. The molecule has 0 spiro atoms. The molecule has 0 saturated heterocycles. The predicted molar refractivity (Wildman–Crippen MR) is 70.5 cm³/mol. The van der Waals surface area contributed by atoms with Crippen molar-refractivity contribution in [1.82, 2.24) is 3.97 Å². The molecule has 0 fully saturated rings. The number of hydrogen-bond acceptors (Lipinski definition) is 4. The molecular formula is C13H13N3O2S. The number of fused-ring (bicyclic) bond motifs is 1. The van der Waals surface area contributed by atoms with E-state index in [2.05, 4.69) is 10.2 Å². The summed E-state index contributed by atoms with van der Waals surface area (Å²) in [6.45, 7) is 2.82. The van der Waals surface area contributed by atoms with Crippen LogP contribution in [0.1, 0.15) is 16.7 Å². The smallest absolute Gasteiger partial charge is 0.248 e. The summed E-state index contributed by atoms with van der Waals surface area (Å²) in [5, 5.41) is 7.83. The van der Waals surface area contributed by atoms with Gasteiger partial charge in [-0.1, -0.05) is 17.7 Å². The van der Waals surface area contributed by atoms with E-state index in [9.17, 15) is 8.42 Å². The second-order valence-electron chi connectivity index (χ2n) is 4.56. The normalized spacial score (nSPS) is 14.4. The highest BCUT2D eigenvalue weighted by atomic mass is 32.2. The van der Waals surface area contributed by atoms with Crippen LogP contribution < -0.4 is 0 Å². The van der Waals surface area contributed by atoms with Crippen molar-refractivity contribution in [3.05, 3.63) is 53.3 Å². The van der Waals surface area contributed by atoms with E-state index in [4.69, 9.17) is 0 Å². The molecule has 0 unspecified atom stereocenters. The topological polar surface area (TPSA) is 63.8 Å². The Labute approximate surface area is 111 Å². The number of nitrogens with zero attached hydrogens (tertiary/aromatic N) is 3. The van der Waals surface area contributed by atoms with Crippen molar-refractivity contribution < 1.29 is 8.42 Å².